The number of aliphatic hydroxyl groups excluding tert-OH is 1. The number of rotatable bonds is 3. The lowest BCUT2D eigenvalue weighted by Crippen LogP contribution is -1.98. The topological polar surface area (TPSA) is 72.2 Å². The van der Waals surface area contributed by atoms with E-state index in [-0.39, 0.29) is 11.5 Å². The summed E-state index contributed by atoms with van der Waals surface area (Å²) >= 11 is 1.49. The van der Waals surface area contributed by atoms with Crippen molar-refractivity contribution in [3.63, 3.8) is 0 Å². The molecule has 2 rings (SSSR count). The highest BCUT2D eigenvalue weighted by Crippen LogP contribution is 2.17. The van der Waals surface area contributed by atoms with E-state index < -0.39 is 9.84 Å². The molecule has 0 spiro atoms. The standard InChI is InChI=1S/C12H12N2O3S2/c1-19(16,17)12-7-13-14(9-12)8-11-5-4-10(18-11)3-2-6-15/h4-5,7,9,15H,6,8H2,1H3. The summed E-state index contributed by atoms with van der Waals surface area (Å²) in [5, 5.41) is 12.6. The van der Waals surface area contributed by atoms with Gasteiger partial charge in [0.25, 0.3) is 0 Å². The van der Waals surface area contributed by atoms with Gasteiger partial charge in [0, 0.05) is 17.3 Å². The minimum Gasteiger partial charge on any atom is -0.384 e. The quantitative estimate of drug-likeness (QED) is 0.848. The predicted octanol–water partition coefficient (Wildman–Crippen LogP) is 0.740. The maximum atomic E-state index is 11.3. The fraction of sp³-hybridized carbons (Fsp3) is 0.250. The lowest BCUT2D eigenvalue weighted by Gasteiger charge is -1.96. The molecule has 2 aromatic rings. The molecule has 0 amide bonds. The van der Waals surface area contributed by atoms with Crippen LogP contribution in [0, 0.1) is 11.8 Å². The Morgan fingerprint density at radius 2 is 2.26 bits per heavy atom. The van der Waals surface area contributed by atoms with E-state index in [9.17, 15) is 8.42 Å². The lowest BCUT2D eigenvalue weighted by molar-refractivity contribution is 0.350. The van der Waals surface area contributed by atoms with Gasteiger partial charge in [-0.25, -0.2) is 8.42 Å². The molecule has 2 heterocycles. The molecule has 0 aliphatic rings. The molecule has 0 atom stereocenters. The molecule has 0 radical (unpaired) electrons. The Morgan fingerprint density at radius 3 is 2.89 bits per heavy atom. The van der Waals surface area contributed by atoms with Crippen LogP contribution in [0.5, 0.6) is 0 Å². The Labute approximate surface area is 115 Å². The molecule has 0 unspecified atom stereocenters. The van der Waals surface area contributed by atoms with E-state index in [0.29, 0.717) is 6.54 Å². The molecular formula is C12H12N2O3S2. The van der Waals surface area contributed by atoms with Crippen LogP contribution in [-0.4, -0.2) is 36.2 Å². The number of thiophene rings is 1. The predicted molar refractivity (Wildman–Crippen MR) is 72.7 cm³/mol. The van der Waals surface area contributed by atoms with Crippen molar-refractivity contribution in [1.29, 1.82) is 0 Å². The number of hydrogen-bond donors (Lipinski definition) is 1. The first-order valence-electron chi connectivity index (χ1n) is 5.40. The first kappa shape index (κ1) is 13.8. The minimum atomic E-state index is -3.21. The third kappa shape index (κ3) is 3.67. The Balaban J connectivity index is 2.13. The number of aromatic nitrogens is 2. The molecule has 0 saturated heterocycles. The summed E-state index contributed by atoms with van der Waals surface area (Å²) in [7, 11) is -3.21. The zero-order valence-corrected chi connectivity index (χ0v) is 11.8. The van der Waals surface area contributed by atoms with E-state index in [1.165, 1.54) is 23.7 Å². The summed E-state index contributed by atoms with van der Waals surface area (Å²) in [5.41, 5.74) is 0. The summed E-state index contributed by atoms with van der Waals surface area (Å²) in [6.07, 6.45) is 4.01. The second-order valence-corrected chi connectivity index (χ2v) is 7.06. The van der Waals surface area contributed by atoms with Crippen LogP contribution in [0.15, 0.2) is 29.4 Å². The molecule has 0 aromatic carbocycles. The Morgan fingerprint density at radius 1 is 1.47 bits per heavy atom. The summed E-state index contributed by atoms with van der Waals surface area (Å²) in [5.74, 6) is 5.40. The van der Waals surface area contributed by atoms with Gasteiger partial charge in [0.15, 0.2) is 9.84 Å². The van der Waals surface area contributed by atoms with E-state index in [0.717, 1.165) is 16.0 Å². The van der Waals surface area contributed by atoms with Crippen LogP contribution in [0.4, 0.5) is 0 Å². The highest BCUT2D eigenvalue weighted by Gasteiger charge is 2.10. The van der Waals surface area contributed by atoms with Crippen molar-refractivity contribution in [3.8, 4) is 11.8 Å². The van der Waals surface area contributed by atoms with Crippen molar-refractivity contribution in [2.45, 2.75) is 11.4 Å². The fourth-order valence-electron chi connectivity index (χ4n) is 1.44. The molecule has 2 aromatic heterocycles. The van der Waals surface area contributed by atoms with Crippen molar-refractivity contribution in [2.24, 2.45) is 0 Å². The molecule has 1 N–H and O–H groups in total. The van der Waals surface area contributed by atoms with Crippen molar-refractivity contribution < 1.29 is 13.5 Å². The maximum Gasteiger partial charge on any atom is 0.178 e. The number of aliphatic hydroxyl groups is 1. The third-order valence-electron chi connectivity index (χ3n) is 2.31. The second kappa shape index (κ2) is 5.57. The Bertz CT molecular complexity index is 732. The number of nitrogens with zero attached hydrogens (tertiary/aromatic N) is 2. The van der Waals surface area contributed by atoms with Gasteiger partial charge in [-0.05, 0) is 12.1 Å². The summed E-state index contributed by atoms with van der Waals surface area (Å²) in [6.45, 7) is 0.338. The summed E-state index contributed by atoms with van der Waals surface area (Å²) < 4.78 is 24.2. The van der Waals surface area contributed by atoms with Gasteiger partial charge in [0.2, 0.25) is 0 Å². The third-order valence-corrected chi connectivity index (χ3v) is 4.36. The number of sulfone groups is 1. The average Bonchev–Trinajstić information content (AvgIpc) is 2.95. The Kier molecular flexibility index (Phi) is 4.04. The van der Waals surface area contributed by atoms with Gasteiger partial charge < -0.3 is 5.11 Å². The Hall–Kier alpha value is -1.62. The van der Waals surface area contributed by atoms with Crippen molar-refractivity contribution in [1.82, 2.24) is 9.78 Å². The van der Waals surface area contributed by atoms with E-state index in [2.05, 4.69) is 16.9 Å². The summed E-state index contributed by atoms with van der Waals surface area (Å²) in [6, 6.07) is 3.78. The zero-order valence-electron chi connectivity index (χ0n) is 10.2. The molecule has 100 valence electrons. The molecular weight excluding hydrogens is 284 g/mol. The molecule has 0 aliphatic heterocycles. The van der Waals surface area contributed by atoms with Crippen LogP contribution in [0.2, 0.25) is 0 Å². The van der Waals surface area contributed by atoms with Gasteiger partial charge in [-0.2, -0.15) is 5.10 Å². The first-order chi connectivity index (χ1) is 8.99. The van der Waals surface area contributed by atoms with Crippen molar-refractivity contribution in [3.05, 3.63) is 34.3 Å². The van der Waals surface area contributed by atoms with Crippen LogP contribution in [0.1, 0.15) is 9.75 Å². The van der Waals surface area contributed by atoms with E-state index in [1.54, 1.807) is 4.68 Å². The molecule has 0 fully saturated rings. The van der Waals surface area contributed by atoms with Crippen LogP contribution >= 0.6 is 11.3 Å². The van der Waals surface area contributed by atoms with Gasteiger partial charge in [0.05, 0.1) is 17.6 Å². The van der Waals surface area contributed by atoms with Crippen LogP contribution in [0.25, 0.3) is 0 Å². The molecule has 19 heavy (non-hydrogen) atoms. The fourth-order valence-corrected chi connectivity index (χ4v) is 2.87. The van der Waals surface area contributed by atoms with Gasteiger partial charge in [0.1, 0.15) is 11.5 Å². The minimum absolute atomic E-state index is 0.163. The average molecular weight is 296 g/mol. The van der Waals surface area contributed by atoms with E-state index in [1.807, 2.05) is 12.1 Å². The molecule has 0 saturated carbocycles. The smallest absolute Gasteiger partial charge is 0.178 e. The van der Waals surface area contributed by atoms with Crippen LogP contribution in [0.3, 0.4) is 0 Å². The highest BCUT2D eigenvalue weighted by molar-refractivity contribution is 7.90. The molecule has 0 aliphatic carbocycles. The lowest BCUT2D eigenvalue weighted by atomic mass is 10.4. The monoisotopic (exact) mass is 296 g/mol. The van der Waals surface area contributed by atoms with Crippen LogP contribution < -0.4 is 0 Å². The zero-order chi connectivity index (χ0) is 13.9. The first-order valence-corrected chi connectivity index (χ1v) is 8.11. The molecule has 0 bridgehead atoms. The van der Waals surface area contributed by atoms with E-state index in [4.69, 9.17) is 5.11 Å². The van der Waals surface area contributed by atoms with Crippen molar-refractivity contribution in [2.75, 3.05) is 12.9 Å². The van der Waals surface area contributed by atoms with Crippen LogP contribution in [-0.2, 0) is 16.4 Å². The van der Waals surface area contributed by atoms with Gasteiger partial charge >= 0.3 is 0 Å². The highest BCUT2D eigenvalue weighted by atomic mass is 32.2. The summed E-state index contributed by atoms with van der Waals surface area (Å²) in [4.78, 5) is 2.09. The second-order valence-electron chi connectivity index (χ2n) is 3.87. The van der Waals surface area contributed by atoms with Crippen molar-refractivity contribution >= 4 is 21.2 Å². The van der Waals surface area contributed by atoms with Gasteiger partial charge in [-0.3, -0.25) is 4.68 Å². The normalized spacial score (nSPS) is 11.1. The largest absolute Gasteiger partial charge is 0.384 e. The van der Waals surface area contributed by atoms with Gasteiger partial charge in [-0.1, -0.05) is 11.8 Å². The number of hydrogen-bond acceptors (Lipinski definition) is 5. The van der Waals surface area contributed by atoms with E-state index >= 15 is 0 Å². The maximum absolute atomic E-state index is 11.3. The SMILES string of the molecule is CS(=O)(=O)c1cnn(Cc2ccc(C#CCO)s2)c1. The molecule has 7 heteroatoms. The molecule has 5 nitrogen and oxygen atoms in total. The van der Waals surface area contributed by atoms with Gasteiger partial charge in [-0.15, -0.1) is 11.3 Å².